The van der Waals surface area contributed by atoms with Crippen molar-refractivity contribution in [2.24, 2.45) is 11.7 Å². The summed E-state index contributed by atoms with van der Waals surface area (Å²) < 4.78 is 0. The SMILES string of the molecule is CC(C)Cc1ccc(C(C)NC(=O)c2csc(CCN)n2)cc1.Cl. The number of nitrogens with one attached hydrogen (secondary N) is 1. The van der Waals surface area contributed by atoms with Gasteiger partial charge in [0.2, 0.25) is 0 Å². The summed E-state index contributed by atoms with van der Waals surface area (Å²) >= 11 is 1.48. The van der Waals surface area contributed by atoms with Crippen molar-refractivity contribution >= 4 is 29.7 Å². The number of carbonyl (C=O) groups excluding carboxylic acids is 1. The van der Waals surface area contributed by atoms with E-state index in [9.17, 15) is 4.79 Å². The van der Waals surface area contributed by atoms with Gasteiger partial charge in [-0.15, -0.1) is 23.7 Å². The zero-order valence-electron chi connectivity index (χ0n) is 14.4. The van der Waals surface area contributed by atoms with E-state index < -0.39 is 0 Å². The maximum Gasteiger partial charge on any atom is 0.271 e. The molecule has 0 radical (unpaired) electrons. The van der Waals surface area contributed by atoms with Crippen LogP contribution in [0.2, 0.25) is 0 Å². The van der Waals surface area contributed by atoms with Crippen LogP contribution in [0.25, 0.3) is 0 Å². The molecule has 0 bridgehead atoms. The van der Waals surface area contributed by atoms with Gasteiger partial charge in [0.05, 0.1) is 11.0 Å². The van der Waals surface area contributed by atoms with Gasteiger partial charge in [0.25, 0.3) is 5.91 Å². The monoisotopic (exact) mass is 367 g/mol. The van der Waals surface area contributed by atoms with Gasteiger partial charge in [0.15, 0.2) is 0 Å². The Morgan fingerprint density at radius 3 is 2.50 bits per heavy atom. The summed E-state index contributed by atoms with van der Waals surface area (Å²) in [5, 5.41) is 5.70. The molecule has 24 heavy (non-hydrogen) atoms. The molecular weight excluding hydrogens is 342 g/mol. The minimum absolute atomic E-state index is 0. The van der Waals surface area contributed by atoms with E-state index in [2.05, 4.69) is 48.4 Å². The van der Waals surface area contributed by atoms with E-state index >= 15 is 0 Å². The molecule has 2 aromatic rings. The fraction of sp³-hybridized carbons (Fsp3) is 0.444. The standard InChI is InChI=1S/C18H25N3OS.ClH/c1-12(2)10-14-4-6-15(7-5-14)13(3)20-18(22)16-11-23-17(21-16)8-9-19;/h4-7,11-13H,8-10,19H2,1-3H3,(H,20,22);1H. The predicted octanol–water partition coefficient (Wildman–Crippen LogP) is 3.76. The van der Waals surface area contributed by atoms with Crippen LogP contribution in [0.3, 0.4) is 0 Å². The second-order valence-corrected chi connectivity index (χ2v) is 7.14. The third-order valence-electron chi connectivity index (χ3n) is 3.61. The Bertz CT molecular complexity index is 640. The van der Waals surface area contributed by atoms with Crippen molar-refractivity contribution in [2.75, 3.05) is 6.54 Å². The number of benzene rings is 1. The summed E-state index contributed by atoms with van der Waals surface area (Å²) in [7, 11) is 0. The van der Waals surface area contributed by atoms with Crippen molar-refractivity contribution in [1.29, 1.82) is 0 Å². The lowest BCUT2D eigenvalue weighted by Gasteiger charge is -2.14. The number of amides is 1. The normalized spacial score (nSPS) is 11.9. The first kappa shape index (κ1) is 20.6. The molecule has 1 atom stereocenters. The van der Waals surface area contributed by atoms with E-state index in [0.29, 0.717) is 24.6 Å². The lowest BCUT2D eigenvalue weighted by molar-refractivity contribution is 0.0935. The van der Waals surface area contributed by atoms with Crippen molar-refractivity contribution in [3.8, 4) is 0 Å². The smallest absolute Gasteiger partial charge is 0.271 e. The Kier molecular flexibility index (Phi) is 8.39. The molecule has 1 heterocycles. The Balaban J connectivity index is 0.00000288. The Morgan fingerprint density at radius 1 is 1.25 bits per heavy atom. The molecular formula is C18H26ClN3OS. The van der Waals surface area contributed by atoms with E-state index in [0.717, 1.165) is 17.0 Å². The number of hydrogen-bond acceptors (Lipinski definition) is 4. The summed E-state index contributed by atoms with van der Waals surface area (Å²) in [6.45, 7) is 6.96. The van der Waals surface area contributed by atoms with Gasteiger partial charge in [0.1, 0.15) is 5.69 Å². The molecule has 0 spiro atoms. The fourth-order valence-electron chi connectivity index (χ4n) is 2.42. The van der Waals surface area contributed by atoms with E-state index in [1.54, 1.807) is 5.38 Å². The first-order chi connectivity index (χ1) is 11.0. The van der Waals surface area contributed by atoms with Gasteiger partial charge in [-0.25, -0.2) is 4.98 Å². The number of halogens is 1. The molecule has 0 fully saturated rings. The first-order valence-electron chi connectivity index (χ1n) is 8.03. The molecule has 3 N–H and O–H groups in total. The molecule has 1 unspecified atom stereocenters. The predicted molar refractivity (Wildman–Crippen MR) is 103 cm³/mol. The molecule has 0 saturated carbocycles. The van der Waals surface area contributed by atoms with Gasteiger partial charge in [-0.1, -0.05) is 38.1 Å². The molecule has 0 aliphatic carbocycles. The topological polar surface area (TPSA) is 68.0 Å². The van der Waals surface area contributed by atoms with E-state index in [-0.39, 0.29) is 24.4 Å². The van der Waals surface area contributed by atoms with Crippen LogP contribution in [0.1, 0.15) is 53.4 Å². The molecule has 6 heteroatoms. The lowest BCUT2D eigenvalue weighted by atomic mass is 10.00. The van der Waals surface area contributed by atoms with Crippen LogP contribution in [-0.4, -0.2) is 17.4 Å². The van der Waals surface area contributed by atoms with Crippen molar-refractivity contribution in [1.82, 2.24) is 10.3 Å². The number of hydrogen-bond donors (Lipinski definition) is 2. The van der Waals surface area contributed by atoms with Gasteiger partial charge in [-0.2, -0.15) is 0 Å². The molecule has 4 nitrogen and oxygen atoms in total. The maximum absolute atomic E-state index is 12.3. The van der Waals surface area contributed by atoms with Crippen LogP contribution in [0.15, 0.2) is 29.6 Å². The van der Waals surface area contributed by atoms with Crippen molar-refractivity contribution < 1.29 is 4.79 Å². The van der Waals surface area contributed by atoms with Gasteiger partial charge in [-0.3, -0.25) is 4.79 Å². The van der Waals surface area contributed by atoms with Gasteiger partial charge in [0, 0.05) is 11.8 Å². The maximum atomic E-state index is 12.3. The number of aromatic nitrogens is 1. The van der Waals surface area contributed by atoms with E-state index in [4.69, 9.17) is 5.73 Å². The third kappa shape index (κ3) is 5.89. The molecule has 1 amide bonds. The number of nitrogens with two attached hydrogens (primary N) is 1. The van der Waals surface area contributed by atoms with Crippen LogP contribution >= 0.6 is 23.7 Å². The van der Waals surface area contributed by atoms with Gasteiger partial charge in [-0.05, 0) is 36.9 Å². The number of thiazole rings is 1. The summed E-state index contributed by atoms with van der Waals surface area (Å²) in [5.41, 5.74) is 8.41. The molecule has 1 aromatic carbocycles. The average Bonchev–Trinajstić information content (AvgIpc) is 2.96. The van der Waals surface area contributed by atoms with Gasteiger partial charge < -0.3 is 11.1 Å². The summed E-state index contributed by atoms with van der Waals surface area (Å²) in [5.74, 6) is 0.508. The van der Waals surface area contributed by atoms with Crippen LogP contribution < -0.4 is 11.1 Å². The van der Waals surface area contributed by atoms with Crippen LogP contribution in [0.4, 0.5) is 0 Å². The quantitative estimate of drug-likeness (QED) is 0.782. The summed E-state index contributed by atoms with van der Waals surface area (Å²) in [6.07, 6.45) is 1.79. The second-order valence-electron chi connectivity index (χ2n) is 6.20. The molecule has 132 valence electrons. The third-order valence-corrected chi connectivity index (χ3v) is 4.52. The Morgan fingerprint density at radius 2 is 1.92 bits per heavy atom. The minimum Gasteiger partial charge on any atom is -0.344 e. The zero-order chi connectivity index (χ0) is 16.8. The Labute approximate surface area is 154 Å². The second kappa shape index (κ2) is 9.77. The number of rotatable bonds is 7. The molecule has 0 aliphatic heterocycles. The highest BCUT2D eigenvalue weighted by Crippen LogP contribution is 2.17. The van der Waals surface area contributed by atoms with Crippen molar-refractivity contribution in [3.63, 3.8) is 0 Å². The van der Waals surface area contributed by atoms with E-state index in [1.165, 1.54) is 16.9 Å². The zero-order valence-corrected chi connectivity index (χ0v) is 16.0. The van der Waals surface area contributed by atoms with Crippen LogP contribution in [-0.2, 0) is 12.8 Å². The number of carbonyl (C=O) groups is 1. The fourth-order valence-corrected chi connectivity index (χ4v) is 3.22. The highest BCUT2D eigenvalue weighted by atomic mass is 35.5. The summed E-state index contributed by atoms with van der Waals surface area (Å²) in [4.78, 5) is 16.6. The molecule has 2 rings (SSSR count). The highest BCUT2D eigenvalue weighted by Gasteiger charge is 2.14. The lowest BCUT2D eigenvalue weighted by Crippen LogP contribution is -2.27. The molecule has 0 saturated heterocycles. The highest BCUT2D eigenvalue weighted by molar-refractivity contribution is 7.09. The van der Waals surface area contributed by atoms with E-state index in [1.807, 2.05) is 6.92 Å². The first-order valence-corrected chi connectivity index (χ1v) is 8.91. The van der Waals surface area contributed by atoms with Crippen molar-refractivity contribution in [2.45, 2.75) is 39.7 Å². The summed E-state index contributed by atoms with van der Waals surface area (Å²) in [6, 6.07) is 8.41. The van der Waals surface area contributed by atoms with Gasteiger partial charge >= 0.3 is 0 Å². The minimum atomic E-state index is -0.136. The molecule has 0 aliphatic rings. The Hall–Kier alpha value is -1.43. The van der Waals surface area contributed by atoms with Crippen molar-refractivity contribution in [3.05, 3.63) is 51.5 Å². The largest absolute Gasteiger partial charge is 0.344 e. The average molecular weight is 368 g/mol. The molecule has 1 aromatic heterocycles. The number of nitrogens with zero attached hydrogens (tertiary/aromatic N) is 1. The van der Waals surface area contributed by atoms with Crippen LogP contribution in [0.5, 0.6) is 0 Å². The van der Waals surface area contributed by atoms with Crippen LogP contribution in [0, 0.1) is 5.92 Å².